The van der Waals surface area contributed by atoms with Crippen LogP contribution in [0.4, 0.5) is 5.69 Å². The van der Waals surface area contributed by atoms with E-state index >= 15 is 0 Å². The number of rotatable bonds is 3. The first-order chi connectivity index (χ1) is 9.28. The molecule has 1 saturated heterocycles. The molecule has 0 aromatic heterocycles. The van der Waals surface area contributed by atoms with Crippen molar-refractivity contribution in [1.29, 1.82) is 0 Å². The summed E-state index contributed by atoms with van der Waals surface area (Å²) in [6, 6.07) is 3.17. The number of nitrogens with zero attached hydrogens (tertiary/aromatic N) is 1. The molecule has 1 aromatic rings. The molecule has 2 N–H and O–H groups in total. The van der Waals surface area contributed by atoms with Gasteiger partial charge in [0.05, 0.1) is 4.90 Å². The zero-order valence-electron chi connectivity index (χ0n) is 12.1. The van der Waals surface area contributed by atoms with Gasteiger partial charge in [0.15, 0.2) is 0 Å². The van der Waals surface area contributed by atoms with Gasteiger partial charge in [-0.15, -0.1) is 0 Å². The fourth-order valence-electron chi connectivity index (χ4n) is 2.92. The van der Waals surface area contributed by atoms with Crippen molar-refractivity contribution in [3.8, 4) is 0 Å². The SMILES string of the molecule is CCC1CCC(C)N1S(=O)(=O)c1cc(Cl)cc(N)c1C. The Kier molecular flexibility index (Phi) is 4.33. The van der Waals surface area contributed by atoms with Crippen LogP contribution in [0.5, 0.6) is 0 Å². The van der Waals surface area contributed by atoms with Gasteiger partial charge >= 0.3 is 0 Å². The van der Waals surface area contributed by atoms with Crippen molar-refractivity contribution in [2.75, 3.05) is 5.73 Å². The second-order valence-electron chi connectivity index (χ2n) is 5.44. The van der Waals surface area contributed by atoms with Crippen molar-refractivity contribution in [3.05, 3.63) is 22.7 Å². The summed E-state index contributed by atoms with van der Waals surface area (Å²) in [6.45, 7) is 5.70. The summed E-state index contributed by atoms with van der Waals surface area (Å²) in [5, 5.41) is 0.353. The minimum atomic E-state index is -3.56. The summed E-state index contributed by atoms with van der Waals surface area (Å²) in [5.41, 5.74) is 6.84. The Balaban J connectivity index is 2.55. The maximum absolute atomic E-state index is 13.0. The average molecular weight is 317 g/mol. The zero-order valence-corrected chi connectivity index (χ0v) is 13.6. The van der Waals surface area contributed by atoms with Gasteiger partial charge in [-0.3, -0.25) is 0 Å². The first-order valence-electron chi connectivity index (χ1n) is 6.88. The quantitative estimate of drug-likeness (QED) is 0.871. The van der Waals surface area contributed by atoms with Crippen LogP contribution in [-0.4, -0.2) is 24.8 Å². The Bertz CT molecular complexity index is 616. The van der Waals surface area contributed by atoms with E-state index in [0.29, 0.717) is 16.3 Å². The minimum absolute atomic E-state index is 0.0181. The number of hydrogen-bond donors (Lipinski definition) is 1. The van der Waals surface area contributed by atoms with E-state index in [0.717, 1.165) is 19.3 Å². The molecule has 0 aliphatic carbocycles. The molecule has 20 heavy (non-hydrogen) atoms. The van der Waals surface area contributed by atoms with Gasteiger partial charge in [-0.25, -0.2) is 8.42 Å². The van der Waals surface area contributed by atoms with Crippen LogP contribution in [-0.2, 0) is 10.0 Å². The van der Waals surface area contributed by atoms with Crippen molar-refractivity contribution in [1.82, 2.24) is 4.31 Å². The highest BCUT2D eigenvalue weighted by molar-refractivity contribution is 7.89. The summed E-state index contributed by atoms with van der Waals surface area (Å²) in [5.74, 6) is 0. The molecule has 0 bridgehead atoms. The third-order valence-electron chi connectivity index (χ3n) is 4.10. The summed E-state index contributed by atoms with van der Waals surface area (Å²) in [7, 11) is -3.56. The molecule has 1 aliphatic heterocycles. The van der Waals surface area contributed by atoms with Gasteiger partial charge in [0.1, 0.15) is 0 Å². The molecule has 1 fully saturated rings. The van der Waals surface area contributed by atoms with E-state index in [1.165, 1.54) is 6.07 Å². The van der Waals surface area contributed by atoms with Gasteiger partial charge in [-0.2, -0.15) is 4.31 Å². The molecule has 1 heterocycles. The summed E-state index contributed by atoms with van der Waals surface area (Å²) < 4.78 is 27.5. The summed E-state index contributed by atoms with van der Waals surface area (Å²) >= 11 is 5.98. The van der Waals surface area contributed by atoms with Crippen LogP contribution in [0.15, 0.2) is 17.0 Å². The van der Waals surface area contributed by atoms with Gasteiger partial charge in [0, 0.05) is 22.8 Å². The van der Waals surface area contributed by atoms with Crippen LogP contribution < -0.4 is 5.73 Å². The molecule has 4 nitrogen and oxygen atoms in total. The number of sulfonamides is 1. The Morgan fingerprint density at radius 1 is 1.40 bits per heavy atom. The second-order valence-corrected chi connectivity index (χ2v) is 7.69. The Hall–Kier alpha value is -0.780. The first-order valence-corrected chi connectivity index (χ1v) is 8.70. The lowest BCUT2D eigenvalue weighted by molar-refractivity contribution is 0.328. The number of benzene rings is 1. The number of hydrogen-bond acceptors (Lipinski definition) is 3. The lowest BCUT2D eigenvalue weighted by atomic mass is 10.2. The average Bonchev–Trinajstić information content (AvgIpc) is 2.75. The van der Waals surface area contributed by atoms with Crippen molar-refractivity contribution in [2.45, 2.75) is 57.0 Å². The van der Waals surface area contributed by atoms with Gasteiger partial charge in [0.2, 0.25) is 10.0 Å². The molecule has 0 radical (unpaired) electrons. The predicted molar refractivity (Wildman–Crippen MR) is 82.4 cm³/mol. The van der Waals surface area contributed by atoms with E-state index in [-0.39, 0.29) is 17.0 Å². The summed E-state index contributed by atoms with van der Waals surface area (Å²) in [6.07, 6.45) is 2.62. The topological polar surface area (TPSA) is 63.4 Å². The van der Waals surface area contributed by atoms with Crippen LogP contribution in [0.1, 0.15) is 38.7 Å². The Labute approximate surface area is 126 Å². The molecule has 1 aliphatic rings. The third-order valence-corrected chi connectivity index (χ3v) is 6.51. The molecular weight excluding hydrogens is 296 g/mol. The normalized spacial score (nSPS) is 24.2. The minimum Gasteiger partial charge on any atom is -0.398 e. The molecular formula is C14H21ClN2O2S. The Morgan fingerprint density at radius 2 is 2.05 bits per heavy atom. The molecule has 112 valence electrons. The number of halogens is 1. The molecule has 2 atom stereocenters. The van der Waals surface area contributed by atoms with Gasteiger partial charge < -0.3 is 5.73 Å². The molecule has 0 spiro atoms. The molecule has 2 unspecified atom stereocenters. The van der Waals surface area contributed by atoms with Crippen LogP contribution >= 0.6 is 11.6 Å². The van der Waals surface area contributed by atoms with E-state index in [1.54, 1.807) is 17.3 Å². The lowest BCUT2D eigenvalue weighted by Crippen LogP contribution is -2.39. The van der Waals surface area contributed by atoms with E-state index in [4.69, 9.17) is 17.3 Å². The van der Waals surface area contributed by atoms with Crippen molar-refractivity contribution >= 4 is 27.3 Å². The molecule has 1 aromatic carbocycles. The fraction of sp³-hybridized carbons (Fsp3) is 0.571. The van der Waals surface area contributed by atoms with Gasteiger partial charge in [0.25, 0.3) is 0 Å². The van der Waals surface area contributed by atoms with Crippen LogP contribution in [0, 0.1) is 6.92 Å². The summed E-state index contributed by atoms with van der Waals surface area (Å²) in [4.78, 5) is 0.231. The molecule has 6 heteroatoms. The number of anilines is 1. The largest absolute Gasteiger partial charge is 0.398 e. The second kappa shape index (κ2) is 5.54. The lowest BCUT2D eigenvalue weighted by Gasteiger charge is -2.28. The smallest absolute Gasteiger partial charge is 0.243 e. The van der Waals surface area contributed by atoms with Gasteiger partial charge in [-0.05, 0) is 50.8 Å². The van der Waals surface area contributed by atoms with Crippen LogP contribution in [0.25, 0.3) is 0 Å². The fourth-order valence-corrected chi connectivity index (χ4v) is 5.45. The van der Waals surface area contributed by atoms with Gasteiger partial charge in [-0.1, -0.05) is 18.5 Å². The highest BCUT2D eigenvalue weighted by atomic mass is 35.5. The van der Waals surface area contributed by atoms with E-state index in [9.17, 15) is 8.42 Å². The third kappa shape index (κ3) is 2.54. The highest BCUT2D eigenvalue weighted by Crippen LogP contribution is 2.35. The molecule has 2 rings (SSSR count). The van der Waals surface area contributed by atoms with Crippen molar-refractivity contribution in [2.24, 2.45) is 0 Å². The number of nitrogen functional groups attached to an aromatic ring is 1. The van der Waals surface area contributed by atoms with E-state index in [1.807, 2.05) is 13.8 Å². The van der Waals surface area contributed by atoms with E-state index < -0.39 is 10.0 Å². The maximum atomic E-state index is 13.0. The highest BCUT2D eigenvalue weighted by Gasteiger charge is 2.39. The Morgan fingerprint density at radius 3 is 2.65 bits per heavy atom. The van der Waals surface area contributed by atoms with Crippen LogP contribution in [0.3, 0.4) is 0 Å². The molecule has 0 saturated carbocycles. The zero-order chi connectivity index (χ0) is 15.1. The molecule has 0 amide bonds. The van der Waals surface area contributed by atoms with E-state index in [2.05, 4.69) is 0 Å². The van der Waals surface area contributed by atoms with Crippen LogP contribution in [0.2, 0.25) is 5.02 Å². The predicted octanol–water partition coefficient (Wildman–Crippen LogP) is 3.18. The first kappa shape index (κ1) is 15.6. The maximum Gasteiger partial charge on any atom is 0.243 e. The standard InChI is InChI=1S/C14H21ClN2O2S/c1-4-12-6-5-9(2)17(12)20(18,19)14-8-11(15)7-13(16)10(14)3/h7-9,12H,4-6,16H2,1-3H3. The monoisotopic (exact) mass is 316 g/mol. The van der Waals surface area contributed by atoms with Crippen molar-refractivity contribution in [3.63, 3.8) is 0 Å². The number of nitrogens with two attached hydrogens (primary N) is 1. The van der Waals surface area contributed by atoms with Crippen molar-refractivity contribution < 1.29 is 8.42 Å².